The fourth-order valence-electron chi connectivity index (χ4n) is 1.96. The lowest BCUT2D eigenvalue weighted by molar-refractivity contribution is 0.0913. The van der Waals surface area contributed by atoms with Crippen LogP contribution in [0.2, 0.25) is 0 Å². The van der Waals surface area contributed by atoms with E-state index < -0.39 is 23.6 Å². The zero-order valence-electron chi connectivity index (χ0n) is 11.3. The third-order valence-corrected chi connectivity index (χ3v) is 3.02. The topological polar surface area (TPSA) is 69.6 Å². The van der Waals surface area contributed by atoms with E-state index in [9.17, 15) is 19.4 Å². The van der Waals surface area contributed by atoms with Gasteiger partial charge in [0.05, 0.1) is 11.7 Å². The number of carbonyl (C=O) groups excluding carboxylic acids is 1. The number of rotatable bonds is 5. The molecule has 0 aromatic heterocycles. The van der Waals surface area contributed by atoms with Gasteiger partial charge in [0.1, 0.15) is 11.6 Å². The Morgan fingerprint density at radius 2 is 1.90 bits per heavy atom. The van der Waals surface area contributed by atoms with Crippen molar-refractivity contribution in [3.05, 3.63) is 65.5 Å². The second kappa shape index (κ2) is 6.85. The summed E-state index contributed by atoms with van der Waals surface area (Å²) in [6.07, 6.45) is -0.324. The molecule has 0 spiro atoms. The third kappa shape index (κ3) is 4.29. The van der Waals surface area contributed by atoms with Gasteiger partial charge < -0.3 is 15.5 Å². The van der Waals surface area contributed by atoms with Crippen LogP contribution in [-0.2, 0) is 6.42 Å². The summed E-state index contributed by atoms with van der Waals surface area (Å²) < 4.78 is 12.8. The second-order valence-electron chi connectivity index (χ2n) is 4.72. The smallest absolute Gasteiger partial charge is 0.255 e. The van der Waals surface area contributed by atoms with E-state index in [2.05, 4.69) is 5.32 Å². The van der Waals surface area contributed by atoms with Crippen LogP contribution >= 0.6 is 0 Å². The first-order valence-electron chi connectivity index (χ1n) is 6.55. The van der Waals surface area contributed by atoms with Gasteiger partial charge in [0.15, 0.2) is 0 Å². The Morgan fingerprint density at radius 1 is 1.19 bits per heavy atom. The summed E-state index contributed by atoms with van der Waals surface area (Å²) in [5, 5.41) is 21.9. The lowest BCUT2D eigenvalue weighted by Crippen LogP contribution is -2.33. The van der Waals surface area contributed by atoms with Gasteiger partial charge >= 0.3 is 0 Å². The molecule has 0 aliphatic heterocycles. The fourth-order valence-corrected chi connectivity index (χ4v) is 1.96. The Morgan fingerprint density at radius 3 is 2.57 bits per heavy atom. The van der Waals surface area contributed by atoms with Crippen LogP contribution < -0.4 is 5.32 Å². The number of benzene rings is 2. The number of phenolic OH excluding ortho intramolecular Hbond substituents is 1. The molecule has 2 aromatic carbocycles. The zero-order chi connectivity index (χ0) is 15.2. The van der Waals surface area contributed by atoms with Crippen molar-refractivity contribution < 1.29 is 19.4 Å². The molecular weight excluding hydrogens is 273 g/mol. The van der Waals surface area contributed by atoms with Crippen LogP contribution in [0.4, 0.5) is 4.39 Å². The van der Waals surface area contributed by atoms with Gasteiger partial charge in [-0.2, -0.15) is 0 Å². The molecule has 0 bridgehead atoms. The van der Waals surface area contributed by atoms with Crippen LogP contribution in [0.5, 0.6) is 5.75 Å². The summed E-state index contributed by atoms with van der Waals surface area (Å²) >= 11 is 0. The van der Waals surface area contributed by atoms with Crippen molar-refractivity contribution in [1.82, 2.24) is 5.32 Å². The molecule has 21 heavy (non-hydrogen) atoms. The highest BCUT2D eigenvalue weighted by Crippen LogP contribution is 2.17. The predicted molar refractivity (Wildman–Crippen MR) is 76.6 cm³/mol. The molecule has 1 unspecified atom stereocenters. The van der Waals surface area contributed by atoms with Gasteiger partial charge in [0.2, 0.25) is 0 Å². The highest BCUT2D eigenvalue weighted by atomic mass is 19.1. The summed E-state index contributed by atoms with van der Waals surface area (Å²) in [4.78, 5) is 11.8. The summed E-state index contributed by atoms with van der Waals surface area (Å²) in [5.41, 5.74) is 0.937. The summed E-state index contributed by atoms with van der Waals surface area (Å²) in [7, 11) is 0. The maximum absolute atomic E-state index is 12.8. The lowest BCUT2D eigenvalue weighted by Gasteiger charge is -2.12. The van der Waals surface area contributed by atoms with Crippen molar-refractivity contribution in [1.29, 1.82) is 0 Å². The van der Waals surface area contributed by atoms with Crippen LogP contribution in [0.3, 0.4) is 0 Å². The number of amides is 1. The minimum atomic E-state index is -0.737. The van der Waals surface area contributed by atoms with Crippen molar-refractivity contribution in [2.24, 2.45) is 0 Å². The molecule has 0 aliphatic rings. The van der Waals surface area contributed by atoms with Gasteiger partial charge in [-0.05, 0) is 17.7 Å². The molecule has 0 saturated heterocycles. The summed E-state index contributed by atoms with van der Waals surface area (Å²) in [6.45, 7) is 0.0462. The number of aliphatic hydroxyl groups is 1. The van der Waals surface area contributed by atoms with Crippen molar-refractivity contribution in [2.75, 3.05) is 6.54 Å². The van der Waals surface area contributed by atoms with Crippen LogP contribution in [0.25, 0.3) is 0 Å². The Hall–Kier alpha value is -2.40. The number of aromatic hydroxyl groups is 1. The molecule has 1 atom stereocenters. The average molecular weight is 289 g/mol. The molecule has 0 fully saturated rings. The molecular formula is C16H16FNO3. The zero-order valence-corrected chi connectivity index (χ0v) is 11.3. The molecule has 2 rings (SSSR count). The average Bonchev–Trinajstić information content (AvgIpc) is 2.46. The minimum absolute atomic E-state index is 0.0247. The van der Waals surface area contributed by atoms with Gasteiger partial charge in [-0.1, -0.05) is 30.3 Å². The first-order chi connectivity index (χ1) is 10.1. The molecule has 3 N–H and O–H groups in total. The Kier molecular flexibility index (Phi) is 4.90. The van der Waals surface area contributed by atoms with E-state index in [1.807, 2.05) is 30.3 Å². The molecule has 0 saturated carbocycles. The third-order valence-electron chi connectivity index (χ3n) is 3.02. The molecule has 4 nitrogen and oxygen atoms in total. The van der Waals surface area contributed by atoms with E-state index in [1.165, 1.54) is 6.07 Å². The first kappa shape index (κ1) is 15.0. The van der Waals surface area contributed by atoms with Crippen LogP contribution in [0, 0.1) is 5.82 Å². The van der Waals surface area contributed by atoms with Crippen LogP contribution in [0.1, 0.15) is 15.9 Å². The maximum Gasteiger partial charge on any atom is 0.255 e. The standard InChI is InChI=1S/C16H16FNO3/c17-12-6-7-14(15(20)9-12)16(21)18-10-13(19)8-11-4-2-1-3-5-11/h1-7,9,13,19-20H,8,10H2,(H,18,21). The number of hydrogen-bond donors (Lipinski definition) is 3. The monoisotopic (exact) mass is 289 g/mol. The molecule has 1 amide bonds. The summed E-state index contributed by atoms with van der Waals surface area (Å²) in [5.74, 6) is -1.60. The van der Waals surface area contributed by atoms with E-state index in [0.717, 1.165) is 17.7 Å². The van der Waals surface area contributed by atoms with E-state index in [0.29, 0.717) is 6.42 Å². The first-order valence-corrected chi connectivity index (χ1v) is 6.55. The number of hydrogen-bond acceptors (Lipinski definition) is 3. The minimum Gasteiger partial charge on any atom is -0.507 e. The Labute approximate surface area is 121 Å². The van der Waals surface area contributed by atoms with Gasteiger partial charge in [0.25, 0.3) is 5.91 Å². The van der Waals surface area contributed by atoms with Gasteiger partial charge in [-0.25, -0.2) is 4.39 Å². The van der Waals surface area contributed by atoms with Gasteiger partial charge in [-0.15, -0.1) is 0 Å². The van der Waals surface area contributed by atoms with Gasteiger partial charge in [0, 0.05) is 19.0 Å². The maximum atomic E-state index is 12.8. The van der Waals surface area contributed by atoms with Crippen LogP contribution in [0.15, 0.2) is 48.5 Å². The molecule has 0 radical (unpaired) electrons. The predicted octanol–water partition coefficient (Wildman–Crippen LogP) is 1.86. The molecule has 5 heteroatoms. The van der Waals surface area contributed by atoms with E-state index in [1.54, 1.807) is 0 Å². The molecule has 0 aliphatic carbocycles. The fraction of sp³-hybridized carbons (Fsp3) is 0.188. The number of carbonyl (C=O) groups is 1. The van der Waals surface area contributed by atoms with E-state index in [-0.39, 0.29) is 12.1 Å². The van der Waals surface area contributed by atoms with E-state index >= 15 is 0 Å². The van der Waals surface area contributed by atoms with Crippen molar-refractivity contribution in [3.8, 4) is 5.75 Å². The highest BCUT2D eigenvalue weighted by molar-refractivity contribution is 5.96. The molecule has 110 valence electrons. The van der Waals surface area contributed by atoms with Crippen molar-refractivity contribution in [2.45, 2.75) is 12.5 Å². The normalized spacial score (nSPS) is 11.9. The molecule has 2 aromatic rings. The van der Waals surface area contributed by atoms with Crippen molar-refractivity contribution >= 4 is 5.91 Å². The highest BCUT2D eigenvalue weighted by Gasteiger charge is 2.13. The summed E-state index contributed by atoms with van der Waals surface area (Å²) in [6, 6.07) is 12.6. The SMILES string of the molecule is O=C(NCC(O)Cc1ccccc1)c1ccc(F)cc1O. The molecule has 0 heterocycles. The largest absolute Gasteiger partial charge is 0.507 e. The quantitative estimate of drug-likeness (QED) is 0.787. The Bertz CT molecular complexity index is 616. The van der Waals surface area contributed by atoms with Crippen molar-refractivity contribution in [3.63, 3.8) is 0 Å². The number of aliphatic hydroxyl groups excluding tert-OH is 1. The second-order valence-corrected chi connectivity index (χ2v) is 4.72. The number of halogens is 1. The van der Waals surface area contributed by atoms with E-state index in [4.69, 9.17) is 0 Å². The Balaban J connectivity index is 1.89. The lowest BCUT2D eigenvalue weighted by atomic mass is 10.1. The van der Waals surface area contributed by atoms with Crippen LogP contribution in [-0.4, -0.2) is 28.8 Å². The van der Waals surface area contributed by atoms with Gasteiger partial charge in [-0.3, -0.25) is 4.79 Å². The number of nitrogens with one attached hydrogen (secondary N) is 1. The number of phenols is 1.